The minimum absolute atomic E-state index is 0.296. The van der Waals surface area contributed by atoms with Gasteiger partial charge in [-0.3, -0.25) is 0 Å². The summed E-state index contributed by atoms with van der Waals surface area (Å²) in [5.74, 6) is 0.514. The van der Waals surface area contributed by atoms with E-state index in [4.69, 9.17) is 16.3 Å². The molecule has 0 spiro atoms. The van der Waals surface area contributed by atoms with Crippen molar-refractivity contribution in [3.05, 3.63) is 101 Å². The predicted molar refractivity (Wildman–Crippen MR) is 103 cm³/mol. The van der Waals surface area contributed by atoms with Crippen LogP contribution in [0.15, 0.2) is 79.0 Å². The van der Waals surface area contributed by atoms with E-state index < -0.39 is 0 Å². The Kier molecular flexibility index (Phi) is 4.63. The Morgan fingerprint density at radius 3 is 2.50 bits per heavy atom. The summed E-state index contributed by atoms with van der Waals surface area (Å²) in [6.07, 6.45) is 1.93. The SMILES string of the molecule is Fc1cccc(Cl)c1Cn1ccc2c(OCc3ccccc3)cccc21. The number of fused-ring (bicyclic) bond motifs is 1. The highest BCUT2D eigenvalue weighted by molar-refractivity contribution is 6.31. The second-order valence-corrected chi connectivity index (χ2v) is 6.51. The fraction of sp³-hybridized carbons (Fsp3) is 0.0909. The van der Waals surface area contributed by atoms with E-state index in [-0.39, 0.29) is 5.82 Å². The van der Waals surface area contributed by atoms with Gasteiger partial charge in [0.25, 0.3) is 0 Å². The maximum absolute atomic E-state index is 14.1. The Balaban J connectivity index is 1.63. The first-order chi connectivity index (χ1) is 12.7. The van der Waals surface area contributed by atoms with E-state index in [1.807, 2.05) is 65.4 Å². The fourth-order valence-electron chi connectivity index (χ4n) is 3.05. The number of nitrogens with zero attached hydrogens (tertiary/aromatic N) is 1. The zero-order valence-corrected chi connectivity index (χ0v) is 14.8. The molecule has 26 heavy (non-hydrogen) atoms. The van der Waals surface area contributed by atoms with E-state index in [9.17, 15) is 4.39 Å². The van der Waals surface area contributed by atoms with Crippen LogP contribution in [0.5, 0.6) is 5.75 Å². The molecule has 0 fully saturated rings. The molecule has 130 valence electrons. The molecule has 0 atom stereocenters. The van der Waals surface area contributed by atoms with Gasteiger partial charge in [-0.2, -0.15) is 0 Å². The van der Waals surface area contributed by atoms with Crippen LogP contribution in [-0.2, 0) is 13.2 Å². The van der Waals surface area contributed by atoms with E-state index in [2.05, 4.69) is 0 Å². The maximum Gasteiger partial charge on any atom is 0.129 e. The zero-order valence-electron chi connectivity index (χ0n) is 14.0. The fourth-order valence-corrected chi connectivity index (χ4v) is 3.27. The van der Waals surface area contributed by atoms with Crippen molar-refractivity contribution in [2.24, 2.45) is 0 Å². The van der Waals surface area contributed by atoms with Crippen molar-refractivity contribution in [2.75, 3.05) is 0 Å². The van der Waals surface area contributed by atoms with Gasteiger partial charge in [0, 0.05) is 22.2 Å². The summed E-state index contributed by atoms with van der Waals surface area (Å²) >= 11 is 6.17. The molecule has 0 saturated carbocycles. The number of hydrogen-bond donors (Lipinski definition) is 0. The summed E-state index contributed by atoms with van der Waals surface area (Å²) in [5.41, 5.74) is 2.58. The minimum Gasteiger partial charge on any atom is -0.488 e. The first kappa shape index (κ1) is 16.7. The van der Waals surface area contributed by atoms with Crippen LogP contribution in [-0.4, -0.2) is 4.57 Å². The molecular weight excluding hydrogens is 349 g/mol. The lowest BCUT2D eigenvalue weighted by atomic mass is 10.2. The minimum atomic E-state index is -0.296. The molecule has 2 nitrogen and oxygen atoms in total. The van der Waals surface area contributed by atoms with Crippen LogP contribution >= 0.6 is 11.6 Å². The maximum atomic E-state index is 14.1. The third-order valence-corrected chi connectivity index (χ3v) is 4.76. The molecule has 0 amide bonds. The molecule has 0 saturated heterocycles. The average Bonchev–Trinajstić information content (AvgIpc) is 3.07. The van der Waals surface area contributed by atoms with Gasteiger partial charge < -0.3 is 9.30 Å². The van der Waals surface area contributed by atoms with Crippen molar-refractivity contribution >= 4 is 22.5 Å². The van der Waals surface area contributed by atoms with Crippen molar-refractivity contribution in [3.63, 3.8) is 0 Å². The highest BCUT2D eigenvalue weighted by Crippen LogP contribution is 2.29. The van der Waals surface area contributed by atoms with Gasteiger partial charge in [0.2, 0.25) is 0 Å². The highest BCUT2D eigenvalue weighted by Gasteiger charge is 2.11. The van der Waals surface area contributed by atoms with Crippen LogP contribution in [0, 0.1) is 5.82 Å². The molecule has 4 rings (SSSR count). The van der Waals surface area contributed by atoms with Crippen molar-refractivity contribution in [3.8, 4) is 5.75 Å². The molecule has 4 heteroatoms. The first-order valence-electron chi connectivity index (χ1n) is 8.40. The van der Waals surface area contributed by atoms with Gasteiger partial charge in [-0.05, 0) is 35.9 Å². The molecule has 3 aromatic carbocycles. The van der Waals surface area contributed by atoms with Gasteiger partial charge in [-0.1, -0.05) is 54.1 Å². The largest absolute Gasteiger partial charge is 0.488 e. The summed E-state index contributed by atoms with van der Waals surface area (Å²) in [6, 6.07) is 22.7. The molecule has 0 aliphatic carbocycles. The van der Waals surface area contributed by atoms with Crippen LogP contribution in [0.2, 0.25) is 5.02 Å². The number of benzene rings is 3. The number of ether oxygens (including phenoxy) is 1. The molecule has 0 N–H and O–H groups in total. The topological polar surface area (TPSA) is 14.2 Å². The van der Waals surface area contributed by atoms with Crippen LogP contribution in [0.25, 0.3) is 10.9 Å². The lowest BCUT2D eigenvalue weighted by Gasteiger charge is -2.11. The Labute approximate surface area is 156 Å². The molecule has 0 aliphatic heterocycles. The Hall–Kier alpha value is -2.78. The molecule has 0 unspecified atom stereocenters. The van der Waals surface area contributed by atoms with Gasteiger partial charge in [-0.15, -0.1) is 0 Å². The van der Waals surface area contributed by atoms with Crippen molar-refractivity contribution < 1.29 is 9.13 Å². The number of rotatable bonds is 5. The molecule has 4 aromatic rings. The van der Waals surface area contributed by atoms with E-state index in [1.165, 1.54) is 6.07 Å². The Morgan fingerprint density at radius 1 is 0.885 bits per heavy atom. The van der Waals surface area contributed by atoms with Crippen LogP contribution in [0.4, 0.5) is 4.39 Å². The van der Waals surface area contributed by atoms with Gasteiger partial charge in [0.15, 0.2) is 0 Å². The molecule has 1 heterocycles. The second kappa shape index (κ2) is 7.22. The van der Waals surface area contributed by atoms with Crippen molar-refractivity contribution in [1.82, 2.24) is 4.57 Å². The third kappa shape index (κ3) is 3.31. The molecule has 0 radical (unpaired) electrons. The molecule has 0 aliphatic rings. The summed E-state index contributed by atoms with van der Waals surface area (Å²) < 4.78 is 22.1. The van der Waals surface area contributed by atoms with Crippen LogP contribution < -0.4 is 4.74 Å². The number of hydrogen-bond acceptors (Lipinski definition) is 1. The predicted octanol–water partition coefficient (Wildman–Crippen LogP) is 6.06. The third-order valence-electron chi connectivity index (χ3n) is 4.40. The van der Waals surface area contributed by atoms with Crippen molar-refractivity contribution in [1.29, 1.82) is 0 Å². The second-order valence-electron chi connectivity index (χ2n) is 6.11. The van der Waals surface area contributed by atoms with E-state index in [0.29, 0.717) is 23.7 Å². The highest BCUT2D eigenvalue weighted by atomic mass is 35.5. The molecule has 0 bridgehead atoms. The smallest absolute Gasteiger partial charge is 0.129 e. The molecular formula is C22H17ClFNO. The quantitative estimate of drug-likeness (QED) is 0.419. The van der Waals surface area contributed by atoms with Gasteiger partial charge in [0.05, 0.1) is 12.1 Å². The van der Waals surface area contributed by atoms with Crippen LogP contribution in [0.3, 0.4) is 0 Å². The number of aromatic nitrogens is 1. The van der Waals surface area contributed by atoms with E-state index in [0.717, 1.165) is 22.2 Å². The van der Waals surface area contributed by atoms with E-state index in [1.54, 1.807) is 12.1 Å². The Bertz CT molecular complexity index is 1020. The van der Waals surface area contributed by atoms with Gasteiger partial charge in [0.1, 0.15) is 18.2 Å². The van der Waals surface area contributed by atoms with Gasteiger partial charge in [-0.25, -0.2) is 4.39 Å². The standard InChI is InChI=1S/C22H17ClFNO/c23-19-8-4-9-20(24)18(19)14-25-13-12-17-21(25)10-5-11-22(17)26-15-16-6-2-1-3-7-16/h1-13H,14-15H2. The summed E-state index contributed by atoms with van der Waals surface area (Å²) in [7, 11) is 0. The normalized spacial score (nSPS) is 11.0. The first-order valence-corrected chi connectivity index (χ1v) is 8.77. The zero-order chi connectivity index (χ0) is 17.9. The number of halogens is 2. The summed E-state index contributed by atoms with van der Waals surface area (Å²) in [4.78, 5) is 0. The average molecular weight is 366 g/mol. The Morgan fingerprint density at radius 2 is 1.69 bits per heavy atom. The molecule has 1 aromatic heterocycles. The summed E-state index contributed by atoms with van der Waals surface area (Å²) in [6.45, 7) is 0.876. The monoisotopic (exact) mass is 365 g/mol. The lowest BCUT2D eigenvalue weighted by Crippen LogP contribution is -2.01. The lowest BCUT2D eigenvalue weighted by molar-refractivity contribution is 0.310. The van der Waals surface area contributed by atoms with Crippen molar-refractivity contribution in [2.45, 2.75) is 13.2 Å². The van der Waals surface area contributed by atoms with E-state index >= 15 is 0 Å². The summed E-state index contributed by atoms with van der Waals surface area (Å²) in [5, 5.41) is 1.43. The van der Waals surface area contributed by atoms with Crippen LogP contribution in [0.1, 0.15) is 11.1 Å². The van der Waals surface area contributed by atoms with Gasteiger partial charge >= 0.3 is 0 Å².